The van der Waals surface area contributed by atoms with Gasteiger partial charge in [0.15, 0.2) is 0 Å². The van der Waals surface area contributed by atoms with Crippen LogP contribution in [0.25, 0.3) is 80.0 Å². The van der Waals surface area contributed by atoms with Gasteiger partial charge in [-0.3, -0.25) is 0 Å². The van der Waals surface area contributed by atoms with Gasteiger partial charge in [0.1, 0.15) is 0 Å². The normalized spacial score (nSPS) is 11.7. The summed E-state index contributed by atoms with van der Waals surface area (Å²) < 4.78 is 6.89. The van der Waals surface area contributed by atoms with Gasteiger partial charge in [0.05, 0.1) is 40.3 Å². The lowest BCUT2D eigenvalue weighted by atomic mass is 10.1. The molecule has 4 nitrogen and oxygen atoms in total. The van der Waals surface area contributed by atoms with Gasteiger partial charge in [-0.05, 0) is 66.0 Å². The summed E-state index contributed by atoms with van der Waals surface area (Å²) in [5.41, 5.74) is 7.96. The molecular formula is C38H20N4S. The molecule has 0 aliphatic carbocycles. The summed E-state index contributed by atoms with van der Waals surface area (Å²) in [5, 5.41) is 16.5. The van der Waals surface area contributed by atoms with Crippen molar-refractivity contribution >= 4 is 80.8 Å². The predicted octanol–water partition coefficient (Wildman–Crippen LogP) is 10.7. The van der Waals surface area contributed by atoms with Gasteiger partial charge in [-0.1, -0.05) is 60.7 Å². The summed E-state index contributed by atoms with van der Waals surface area (Å²) in [6.45, 7) is 7.68. The molecule has 9 aromatic rings. The van der Waals surface area contributed by atoms with Crippen LogP contribution in [0.3, 0.4) is 0 Å². The van der Waals surface area contributed by atoms with E-state index in [0.29, 0.717) is 11.3 Å². The largest absolute Gasteiger partial charge is 0.309 e. The molecule has 9 rings (SSSR count). The molecule has 0 amide bonds. The highest BCUT2D eigenvalue weighted by Crippen LogP contribution is 2.43. The molecule has 0 unspecified atom stereocenters. The second-order valence-corrected chi connectivity index (χ2v) is 11.9. The maximum absolute atomic E-state index is 9.57. The molecule has 0 radical (unpaired) electrons. The third kappa shape index (κ3) is 3.29. The first-order valence-electron chi connectivity index (χ1n) is 14.0. The van der Waals surface area contributed by atoms with E-state index in [-0.39, 0.29) is 0 Å². The van der Waals surface area contributed by atoms with E-state index in [1.165, 1.54) is 20.9 Å². The minimum absolute atomic E-state index is 0.658. The number of hydrogen-bond donors (Lipinski definition) is 0. The van der Waals surface area contributed by atoms with E-state index in [1.54, 1.807) is 11.3 Å². The Morgan fingerprint density at radius 3 is 1.91 bits per heavy atom. The third-order valence-corrected chi connectivity index (χ3v) is 9.73. The molecule has 0 aliphatic rings. The maximum Gasteiger partial charge on any atom is 0.204 e. The summed E-state index contributed by atoms with van der Waals surface area (Å²) in [6, 6.07) is 44.5. The molecule has 0 saturated heterocycles. The second kappa shape index (κ2) is 8.81. The van der Waals surface area contributed by atoms with Gasteiger partial charge in [-0.25, -0.2) is 4.85 Å². The quantitative estimate of drug-likeness (QED) is 0.192. The zero-order chi connectivity index (χ0) is 28.7. The van der Waals surface area contributed by atoms with Gasteiger partial charge in [0.2, 0.25) is 5.69 Å². The number of aromatic nitrogens is 2. The maximum atomic E-state index is 9.57. The third-order valence-electron chi connectivity index (χ3n) is 8.54. The highest BCUT2D eigenvalue weighted by atomic mass is 32.1. The van der Waals surface area contributed by atoms with Crippen LogP contribution < -0.4 is 0 Å². The number of thiophene rings is 1. The summed E-state index contributed by atoms with van der Waals surface area (Å²) in [5.74, 6) is 0. The Bertz CT molecular complexity index is 2710. The summed E-state index contributed by atoms with van der Waals surface area (Å²) in [7, 11) is 0. The van der Waals surface area contributed by atoms with Crippen molar-refractivity contribution in [3.05, 3.63) is 138 Å². The molecular weight excluding hydrogens is 545 g/mol. The van der Waals surface area contributed by atoms with Gasteiger partial charge in [-0.15, -0.1) is 11.3 Å². The average molecular weight is 565 g/mol. The number of para-hydroxylation sites is 2. The van der Waals surface area contributed by atoms with Gasteiger partial charge in [0, 0.05) is 47.7 Å². The first kappa shape index (κ1) is 23.8. The van der Waals surface area contributed by atoms with Gasteiger partial charge >= 0.3 is 0 Å². The van der Waals surface area contributed by atoms with E-state index >= 15 is 0 Å². The number of rotatable bonds is 2. The number of hydrogen-bond acceptors (Lipinski definition) is 2. The van der Waals surface area contributed by atoms with Crippen LogP contribution in [-0.2, 0) is 0 Å². The zero-order valence-electron chi connectivity index (χ0n) is 22.7. The number of nitriles is 1. The van der Waals surface area contributed by atoms with E-state index in [1.807, 2.05) is 24.3 Å². The fourth-order valence-corrected chi connectivity index (χ4v) is 7.88. The van der Waals surface area contributed by atoms with E-state index in [2.05, 4.69) is 117 Å². The average Bonchev–Trinajstić information content (AvgIpc) is 3.70. The fourth-order valence-electron chi connectivity index (χ4n) is 6.70. The molecule has 0 aliphatic heterocycles. The zero-order valence-corrected chi connectivity index (χ0v) is 23.6. The van der Waals surface area contributed by atoms with Crippen LogP contribution in [0.15, 0.2) is 121 Å². The van der Waals surface area contributed by atoms with Crippen molar-refractivity contribution in [1.82, 2.24) is 9.13 Å². The minimum Gasteiger partial charge on any atom is -0.309 e. The predicted molar refractivity (Wildman–Crippen MR) is 179 cm³/mol. The minimum atomic E-state index is 0.658. The van der Waals surface area contributed by atoms with Crippen LogP contribution in [0.4, 0.5) is 5.69 Å². The van der Waals surface area contributed by atoms with E-state index in [9.17, 15) is 5.26 Å². The molecule has 0 fully saturated rings. The lowest BCUT2D eigenvalue weighted by molar-refractivity contribution is 1.13. The van der Waals surface area contributed by atoms with E-state index < -0.39 is 0 Å². The van der Waals surface area contributed by atoms with Crippen molar-refractivity contribution in [3.8, 4) is 17.4 Å². The molecule has 5 heteroatoms. The molecule has 6 aromatic carbocycles. The monoisotopic (exact) mass is 564 g/mol. The second-order valence-electron chi connectivity index (χ2n) is 10.8. The Balaban J connectivity index is 1.35. The van der Waals surface area contributed by atoms with Crippen LogP contribution in [0.1, 0.15) is 5.56 Å². The van der Waals surface area contributed by atoms with Gasteiger partial charge < -0.3 is 9.13 Å². The SMILES string of the molecule is [C-]#[N+]c1cccc2c1sc1cc3c4ccccc4n(-c4cccc(-n5c6ccccc6c6cc(C#N)ccc65)c4)c3cc12. The number of benzene rings is 6. The standard InChI is InChI=1S/C38H20N4S/c1-40-32-13-7-12-28-31-20-36-30(21-37(31)43-38(28)32)27-11-3-5-15-34(27)42(36)25-9-6-8-24(19-25)41-33-14-4-2-10-26(33)29-18-23(22-39)16-17-35(29)41/h2-21H. The van der Waals surface area contributed by atoms with Crippen LogP contribution in [0.5, 0.6) is 0 Å². The topological polar surface area (TPSA) is 38.0 Å². The summed E-state index contributed by atoms with van der Waals surface area (Å²) in [6.07, 6.45) is 0. The van der Waals surface area contributed by atoms with Crippen LogP contribution in [-0.4, -0.2) is 9.13 Å². The fraction of sp³-hybridized carbons (Fsp3) is 0. The van der Waals surface area contributed by atoms with Crippen molar-refractivity contribution < 1.29 is 0 Å². The molecule has 0 saturated carbocycles. The lowest BCUT2D eigenvalue weighted by Crippen LogP contribution is -1.98. The van der Waals surface area contributed by atoms with Crippen molar-refractivity contribution in [2.45, 2.75) is 0 Å². The van der Waals surface area contributed by atoms with Crippen molar-refractivity contribution in [2.24, 2.45) is 0 Å². The Morgan fingerprint density at radius 1 is 0.558 bits per heavy atom. The Kier molecular flexibility index (Phi) is 4.87. The molecule has 198 valence electrons. The number of nitrogens with zero attached hydrogens (tertiary/aromatic N) is 4. The molecule has 3 aromatic heterocycles. The highest BCUT2D eigenvalue weighted by molar-refractivity contribution is 7.26. The van der Waals surface area contributed by atoms with Gasteiger partial charge in [-0.2, -0.15) is 5.26 Å². The van der Waals surface area contributed by atoms with Crippen molar-refractivity contribution in [3.63, 3.8) is 0 Å². The molecule has 0 atom stereocenters. The molecule has 0 bridgehead atoms. The van der Waals surface area contributed by atoms with E-state index in [4.69, 9.17) is 6.57 Å². The first-order chi connectivity index (χ1) is 21.2. The van der Waals surface area contributed by atoms with Crippen LogP contribution in [0, 0.1) is 17.9 Å². The van der Waals surface area contributed by atoms with Gasteiger partial charge in [0.25, 0.3) is 0 Å². The highest BCUT2D eigenvalue weighted by Gasteiger charge is 2.18. The molecule has 0 N–H and O–H groups in total. The molecule has 3 heterocycles. The van der Waals surface area contributed by atoms with Crippen LogP contribution in [0.2, 0.25) is 0 Å². The Morgan fingerprint density at radius 2 is 1.19 bits per heavy atom. The lowest BCUT2D eigenvalue weighted by Gasteiger charge is -2.13. The summed E-state index contributed by atoms with van der Waals surface area (Å²) >= 11 is 1.70. The number of fused-ring (bicyclic) bond motifs is 9. The smallest absolute Gasteiger partial charge is 0.204 e. The molecule has 0 spiro atoms. The summed E-state index contributed by atoms with van der Waals surface area (Å²) in [4.78, 5) is 3.79. The van der Waals surface area contributed by atoms with Crippen molar-refractivity contribution in [2.75, 3.05) is 0 Å². The Labute approximate surface area is 250 Å². The van der Waals surface area contributed by atoms with E-state index in [0.717, 1.165) is 54.3 Å². The van der Waals surface area contributed by atoms with Crippen LogP contribution >= 0.6 is 11.3 Å². The Hall–Kier alpha value is -5.88. The van der Waals surface area contributed by atoms with Crippen molar-refractivity contribution in [1.29, 1.82) is 5.26 Å². The first-order valence-corrected chi connectivity index (χ1v) is 14.9. The molecule has 43 heavy (non-hydrogen) atoms.